The maximum absolute atomic E-state index is 13.1. The number of benzene rings is 1. The number of rotatable bonds is 7. The van der Waals surface area contributed by atoms with Crippen LogP contribution in [-0.2, 0) is 24.5 Å². The Labute approximate surface area is 183 Å². The van der Waals surface area contributed by atoms with E-state index < -0.39 is 34.9 Å². The molecular formula is C20H18F6N4OS. The first-order valence-corrected chi connectivity index (χ1v) is 10.5. The van der Waals surface area contributed by atoms with Gasteiger partial charge in [0.25, 0.3) is 5.89 Å². The fourth-order valence-electron chi connectivity index (χ4n) is 2.79. The van der Waals surface area contributed by atoms with Crippen molar-refractivity contribution in [2.75, 3.05) is 0 Å². The van der Waals surface area contributed by atoms with Gasteiger partial charge in [-0.05, 0) is 44.0 Å². The first-order chi connectivity index (χ1) is 15.0. The maximum atomic E-state index is 13.1. The van der Waals surface area contributed by atoms with E-state index in [1.807, 2.05) is 13.0 Å². The van der Waals surface area contributed by atoms with E-state index in [9.17, 15) is 26.3 Å². The molecule has 3 aromatic rings. The van der Waals surface area contributed by atoms with Crippen LogP contribution in [0.5, 0.6) is 0 Å². The van der Waals surface area contributed by atoms with Crippen molar-refractivity contribution >= 4 is 11.8 Å². The van der Waals surface area contributed by atoms with Crippen molar-refractivity contribution < 1.29 is 30.9 Å². The van der Waals surface area contributed by atoms with Gasteiger partial charge in [-0.3, -0.25) is 0 Å². The molecule has 0 fully saturated rings. The number of alkyl halides is 6. The Morgan fingerprint density at radius 1 is 0.906 bits per heavy atom. The number of halogens is 6. The molecule has 0 atom stereocenters. The molecule has 0 N–H and O–H groups in total. The standard InChI is InChI=1S/C20H18F6N4OS/c1-3-4-5-15-6-11(2)27-18(28-15)32-10-16-29-17(31-30-16)12-7-13(19(21,22)23)9-14(8-12)20(24,25)26/h6-9H,3-5,10H2,1-2H3. The molecule has 2 heterocycles. The average Bonchev–Trinajstić information content (AvgIpc) is 3.18. The summed E-state index contributed by atoms with van der Waals surface area (Å²) in [6.07, 6.45) is -7.13. The molecule has 12 heteroatoms. The SMILES string of the molecule is CCCCc1cc(C)nc(SCc2noc(-c3cc(C(F)(F)F)cc(C(F)(F)F)c3)n2)n1. The zero-order chi connectivity index (χ0) is 23.5. The van der Waals surface area contributed by atoms with Gasteiger partial charge in [0.05, 0.1) is 16.9 Å². The van der Waals surface area contributed by atoms with Crippen LogP contribution in [0.25, 0.3) is 11.5 Å². The molecule has 0 aliphatic heterocycles. The zero-order valence-corrected chi connectivity index (χ0v) is 17.8. The third kappa shape index (κ3) is 6.21. The summed E-state index contributed by atoms with van der Waals surface area (Å²) < 4.78 is 83.3. The number of hydrogen-bond acceptors (Lipinski definition) is 6. The van der Waals surface area contributed by atoms with E-state index in [0.29, 0.717) is 17.3 Å². The minimum Gasteiger partial charge on any atom is -0.334 e. The summed E-state index contributed by atoms with van der Waals surface area (Å²) in [6, 6.07) is 3.02. The van der Waals surface area contributed by atoms with E-state index in [1.165, 1.54) is 11.8 Å². The molecule has 3 rings (SSSR count). The van der Waals surface area contributed by atoms with Gasteiger partial charge in [-0.2, -0.15) is 31.3 Å². The fourth-order valence-corrected chi connectivity index (χ4v) is 3.56. The number of nitrogens with zero attached hydrogens (tertiary/aromatic N) is 4. The van der Waals surface area contributed by atoms with E-state index in [4.69, 9.17) is 4.52 Å². The highest BCUT2D eigenvalue weighted by atomic mass is 32.2. The molecule has 0 aliphatic rings. The first-order valence-electron chi connectivity index (χ1n) is 9.55. The first kappa shape index (κ1) is 24.0. The van der Waals surface area contributed by atoms with Gasteiger partial charge in [0.2, 0.25) is 0 Å². The van der Waals surface area contributed by atoms with Crippen LogP contribution in [0.1, 0.15) is 48.1 Å². The van der Waals surface area contributed by atoms with Crippen LogP contribution in [-0.4, -0.2) is 20.1 Å². The lowest BCUT2D eigenvalue weighted by Gasteiger charge is -2.12. The topological polar surface area (TPSA) is 64.7 Å². The molecule has 0 radical (unpaired) electrons. The van der Waals surface area contributed by atoms with Gasteiger partial charge in [-0.15, -0.1) is 0 Å². The van der Waals surface area contributed by atoms with Crippen LogP contribution in [0.2, 0.25) is 0 Å². The molecule has 2 aromatic heterocycles. The van der Waals surface area contributed by atoms with Crippen LogP contribution in [0.4, 0.5) is 26.3 Å². The maximum Gasteiger partial charge on any atom is 0.416 e. The van der Waals surface area contributed by atoms with E-state index in [2.05, 4.69) is 27.0 Å². The Kier molecular flexibility index (Phi) is 7.11. The Morgan fingerprint density at radius 3 is 2.16 bits per heavy atom. The molecule has 0 saturated heterocycles. The largest absolute Gasteiger partial charge is 0.416 e. The van der Waals surface area contributed by atoms with Crippen molar-refractivity contribution in [3.8, 4) is 11.5 Å². The van der Waals surface area contributed by atoms with E-state index >= 15 is 0 Å². The highest BCUT2D eigenvalue weighted by Crippen LogP contribution is 2.38. The van der Waals surface area contributed by atoms with Gasteiger partial charge in [0.1, 0.15) is 0 Å². The van der Waals surface area contributed by atoms with E-state index in [-0.39, 0.29) is 17.6 Å². The minimum absolute atomic E-state index is 0.0435. The quantitative estimate of drug-likeness (QED) is 0.220. The molecule has 5 nitrogen and oxygen atoms in total. The smallest absolute Gasteiger partial charge is 0.334 e. The number of unbranched alkanes of at least 4 members (excludes halogenated alkanes) is 1. The average molecular weight is 476 g/mol. The van der Waals surface area contributed by atoms with Crippen LogP contribution in [0.15, 0.2) is 33.9 Å². The fraction of sp³-hybridized carbons (Fsp3) is 0.400. The van der Waals surface area contributed by atoms with Gasteiger partial charge in [0.15, 0.2) is 11.0 Å². The van der Waals surface area contributed by atoms with Gasteiger partial charge >= 0.3 is 12.4 Å². The van der Waals surface area contributed by atoms with Crippen molar-refractivity contribution in [1.29, 1.82) is 0 Å². The van der Waals surface area contributed by atoms with Crippen LogP contribution in [0, 0.1) is 6.92 Å². The summed E-state index contributed by atoms with van der Waals surface area (Å²) >= 11 is 1.19. The monoisotopic (exact) mass is 476 g/mol. The highest BCUT2D eigenvalue weighted by molar-refractivity contribution is 7.98. The molecule has 0 spiro atoms. The third-order valence-corrected chi connectivity index (χ3v) is 5.15. The molecule has 0 aliphatic carbocycles. The summed E-state index contributed by atoms with van der Waals surface area (Å²) in [5, 5.41) is 4.13. The normalized spacial score (nSPS) is 12.4. The summed E-state index contributed by atoms with van der Waals surface area (Å²) in [5.74, 6) is -0.215. The number of thioether (sulfide) groups is 1. The van der Waals surface area contributed by atoms with Crippen molar-refractivity contribution in [2.45, 2.75) is 56.4 Å². The minimum atomic E-state index is -4.97. The second-order valence-electron chi connectivity index (χ2n) is 6.99. The molecule has 0 unspecified atom stereocenters. The van der Waals surface area contributed by atoms with Crippen LogP contribution in [0.3, 0.4) is 0 Å². The summed E-state index contributed by atoms with van der Waals surface area (Å²) in [6.45, 7) is 3.90. The molecule has 0 saturated carbocycles. The summed E-state index contributed by atoms with van der Waals surface area (Å²) in [4.78, 5) is 12.7. The highest BCUT2D eigenvalue weighted by Gasteiger charge is 2.37. The Balaban J connectivity index is 1.81. The summed E-state index contributed by atoms with van der Waals surface area (Å²) in [5.41, 5.74) is -1.71. The van der Waals surface area contributed by atoms with Gasteiger partial charge in [-0.25, -0.2) is 9.97 Å². The Hall–Kier alpha value is -2.63. The third-order valence-electron chi connectivity index (χ3n) is 4.31. The van der Waals surface area contributed by atoms with E-state index in [0.717, 1.165) is 30.7 Å². The lowest BCUT2D eigenvalue weighted by atomic mass is 10.0. The second-order valence-corrected chi connectivity index (χ2v) is 7.93. The summed E-state index contributed by atoms with van der Waals surface area (Å²) in [7, 11) is 0. The van der Waals surface area contributed by atoms with Crippen molar-refractivity contribution in [3.63, 3.8) is 0 Å². The molecule has 32 heavy (non-hydrogen) atoms. The lowest BCUT2D eigenvalue weighted by Crippen LogP contribution is -2.11. The van der Waals surface area contributed by atoms with Crippen molar-refractivity contribution in [2.24, 2.45) is 0 Å². The number of aromatic nitrogens is 4. The number of aryl methyl sites for hydroxylation is 2. The Morgan fingerprint density at radius 2 is 1.56 bits per heavy atom. The van der Waals surface area contributed by atoms with Crippen molar-refractivity contribution in [3.05, 3.63) is 52.6 Å². The van der Waals surface area contributed by atoms with Gasteiger partial charge in [0, 0.05) is 17.0 Å². The predicted octanol–water partition coefficient (Wildman–Crippen LogP) is 6.51. The van der Waals surface area contributed by atoms with E-state index in [1.54, 1.807) is 0 Å². The zero-order valence-electron chi connectivity index (χ0n) is 17.0. The van der Waals surface area contributed by atoms with Crippen LogP contribution >= 0.6 is 11.8 Å². The van der Waals surface area contributed by atoms with Crippen molar-refractivity contribution in [1.82, 2.24) is 20.1 Å². The number of hydrogen-bond donors (Lipinski definition) is 0. The molecule has 172 valence electrons. The molecular weight excluding hydrogens is 458 g/mol. The molecule has 0 bridgehead atoms. The van der Waals surface area contributed by atoms with Crippen LogP contribution < -0.4 is 0 Å². The molecule has 1 aromatic carbocycles. The second kappa shape index (κ2) is 9.47. The lowest BCUT2D eigenvalue weighted by molar-refractivity contribution is -0.143. The Bertz CT molecular complexity index is 1050. The molecule has 0 amide bonds. The predicted molar refractivity (Wildman–Crippen MR) is 105 cm³/mol. The van der Waals surface area contributed by atoms with Gasteiger partial charge < -0.3 is 4.52 Å². The van der Waals surface area contributed by atoms with Gasteiger partial charge in [-0.1, -0.05) is 30.3 Å².